The number of methoxy groups -OCH3 is 1. The fourth-order valence-electron chi connectivity index (χ4n) is 1.74. The van der Waals surface area contributed by atoms with E-state index in [1.165, 1.54) is 24.0 Å². The molecule has 0 fully saturated rings. The lowest BCUT2D eigenvalue weighted by atomic mass is 10.2. The largest absolute Gasteiger partial charge is 0.469 e. The van der Waals surface area contributed by atoms with Gasteiger partial charge in [0.25, 0.3) is 0 Å². The Balaban J connectivity index is 1.82. The van der Waals surface area contributed by atoms with Gasteiger partial charge in [-0.3, -0.25) is 9.59 Å². The van der Waals surface area contributed by atoms with Crippen LogP contribution in [0.2, 0.25) is 0 Å². The number of hydrogen-bond acceptors (Lipinski definition) is 6. The lowest BCUT2D eigenvalue weighted by Crippen LogP contribution is -2.22. The van der Waals surface area contributed by atoms with Crippen LogP contribution in [0.4, 0.5) is 5.13 Å². The highest BCUT2D eigenvalue weighted by Gasteiger charge is 2.16. The normalized spacial score (nSPS) is 11.7. The first-order valence-electron chi connectivity index (χ1n) is 7.06. The van der Waals surface area contributed by atoms with E-state index in [1.807, 2.05) is 37.3 Å². The van der Waals surface area contributed by atoms with E-state index in [0.29, 0.717) is 10.8 Å². The molecule has 0 aliphatic rings. The Morgan fingerprint density at radius 2 is 2.09 bits per heavy atom. The van der Waals surface area contributed by atoms with Crippen molar-refractivity contribution in [2.45, 2.75) is 24.3 Å². The summed E-state index contributed by atoms with van der Waals surface area (Å²) in [7, 11) is 1.34. The van der Waals surface area contributed by atoms with Gasteiger partial charge in [0, 0.05) is 11.1 Å². The number of thiazole rings is 1. The topological polar surface area (TPSA) is 68.3 Å². The van der Waals surface area contributed by atoms with Crippen LogP contribution in [-0.2, 0) is 26.5 Å². The number of hydrogen-bond donors (Lipinski definition) is 1. The molecular formula is C16H18N2O3S2. The van der Waals surface area contributed by atoms with Crippen molar-refractivity contribution in [1.82, 2.24) is 4.98 Å². The van der Waals surface area contributed by atoms with Crippen molar-refractivity contribution in [3.63, 3.8) is 0 Å². The lowest BCUT2D eigenvalue weighted by Gasteiger charge is -2.10. The molecule has 1 N–H and O–H groups in total. The molecule has 122 valence electrons. The number of rotatable bonds is 7. The summed E-state index contributed by atoms with van der Waals surface area (Å²) in [5, 5.41) is 4.84. The van der Waals surface area contributed by atoms with Gasteiger partial charge in [0.1, 0.15) is 0 Å². The minimum Gasteiger partial charge on any atom is -0.469 e. The molecule has 0 aliphatic heterocycles. The molecule has 0 saturated carbocycles. The smallest absolute Gasteiger partial charge is 0.311 e. The molecule has 1 amide bonds. The number of amides is 1. The quantitative estimate of drug-likeness (QED) is 0.777. The van der Waals surface area contributed by atoms with Crippen LogP contribution in [0, 0.1) is 0 Å². The monoisotopic (exact) mass is 350 g/mol. The van der Waals surface area contributed by atoms with E-state index in [9.17, 15) is 9.59 Å². The number of aromatic nitrogens is 1. The highest BCUT2D eigenvalue weighted by Crippen LogP contribution is 2.21. The third-order valence-corrected chi connectivity index (χ3v) is 5.07. The van der Waals surface area contributed by atoms with Gasteiger partial charge in [-0.05, 0) is 12.5 Å². The van der Waals surface area contributed by atoms with Crippen molar-refractivity contribution in [1.29, 1.82) is 0 Å². The first-order valence-corrected chi connectivity index (χ1v) is 8.99. The standard InChI is InChI=1S/C16H18N2O3S2/c1-11(22-9-12-6-4-3-5-7-12)15(20)18-16-17-13(10-23-16)8-14(19)21-2/h3-7,10-11H,8-9H2,1-2H3,(H,17,18,20)/t11-/m1/s1. The second-order valence-electron chi connectivity index (χ2n) is 4.82. The predicted molar refractivity (Wildman–Crippen MR) is 93.7 cm³/mol. The van der Waals surface area contributed by atoms with Crippen molar-refractivity contribution in [2.75, 3.05) is 12.4 Å². The number of anilines is 1. The number of nitrogens with zero attached hydrogens (tertiary/aromatic N) is 1. The highest BCUT2D eigenvalue weighted by atomic mass is 32.2. The van der Waals surface area contributed by atoms with Crippen molar-refractivity contribution >= 4 is 40.1 Å². The summed E-state index contributed by atoms with van der Waals surface area (Å²) in [5.41, 5.74) is 1.79. The number of carbonyl (C=O) groups excluding carboxylic acids is 2. The second-order valence-corrected chi connectivity index (χ2v) is 7.01. The molecule has 0 radical (unpaired) electrons. The van der Waals surface area contributed by atoms with Crippen molar-refractivity contribution in [3.8, 4) is 0 Å². The molecular weight excluding hydrogens is 332 g/mol. The Bertz CT molecular complexity index is 658. The molecule has 0 unspecified atom stereocenters. The van der Waals surface area contributed by atoms with Crippen LogP contribution in [0.3, 0.4) is 0 Å². The first kappa shape index (κ1) is 17.5. The van der Waals surface area contributed by atoms with E-state index >= 15 is 0 Å². The SMILES string of the molecule is COC(=O)Cc1csc(NC(=O)[C@@H](C)SCc2ccccc2)n1. The molecule has 5 nitrogen and oxygen atoms in total. The summed E-state index contributed by atoms with van der Waals surface area (Å²) in [6.07, 6.45) is 0.112. The molecule has 1 aromatic carbocycles. The van der Waals surface area contributed by atoms with Gasteiger partial charge >= 0.3 is 5.97 Å². The zero-order valence-electron chi connectivity index (χ0n) is 12.9. The molecule has 2 rings (SSSR count). The van der Waals surface area contributed by atoms with Crippen LogP contribution in [0.1, 0.15) is 18.2 Å². The number of benzene rings is 1. The zero-order chi connectivity index (χ0) is 16.7. The second kappa shape index (κ2) is 8.69. The van der Waals surface area contributed by atoms with E-state index in [-0.39, 0.29) is 23.5 Å². The Morgan fingerprint density at radius 1 is 1.35 bits per heavy atom. The number of ether oxygens (including phenoxy) is 1. The molecule has 1 aromatic heterocycles. The summed E-state index contributed by atoms with van der Waals surface area (Å²) < 4.78 is 4.59. The fourth-order valence-corrected chi connectivity index (χ4v) is 3.30. The van der Waals surface area contributed by atoms with Crippen LogP contribution in [0.15, 0.2) is 35.7 Å². The molecule has 0 spiro atoms. The van der Waals surface area contributed by atoms with Crippen LogP contribution >= 0.6 is 23.1 Å². The van der Waals surface area contributed by atoms with Crippen molar-refractivity contribution < 1.29 is 14.3 Å². The summed E-state index contributed by atoms with van der Waals surface area (Å²) in [6.45, 7) is 1.87. The zero-order valence-corrected chi connectivity index (χ0v) is 14.6. The number of carbonyl (C=O) groups is 2. The number of esters is 1. The third kappa shape index (κ3) is 5.69. The fraction of sp³-hybridized carbons (Fsp3) is 0.312. The van der Waals surface area contributed by atoms with E-state index in [1.54, 1.807) is 17.1 Å². The molecule has 1 atom stereocenters. The Hall–Kier alpha value is -1.86. The Kier molecular flexibility index (Phi) is 6.61. The molecule has 23 heavy (non-hydrogen) atoms. The maximum atomic E-state index is 12.2. The Labute approximate surface area is 143 Å². The van der Waals surface area contributed by atoms with Gasteiger partial charge in [0.2, 0.25) is 5.91 Å². The predicted octanol–water partition coefficient (Wildman–Crippen LogP) is 3.12. The van der Waals surface area contributed by atoms with E-state index < -0.39 is 0 Å². The first-order chi connectivity index (χ1) is 11.1. The van der Waals surface area contributed by atoms with Gasteiger partial charge in [-0.15, -0.1) is 23.1 Å². The summed E-state index contributed by atoms with van der Waals surface area (Å²) in [4.78, 5) is 27.6. The van der Waals surface area contributed by atoms with Gasteiger partial charge in [0.05, 0.1) is 24.5 Å². The van der Waals surface area contributed by atoms with Crippen LogP contribution < -0.4 is 5.32 Å². The number of thioether (sulfide) groups is 1. The van der Waals surface area contributed by atoms with Crippen LogP contribution in [0.5, 0.6) is 0 Å². The van der Waals surface area contributed by atoms with Gasteiger partial charge in [0.15, 0.2) is 5.13 Å². The van der Waals surface area contributed by atoms with Crippen LogP contribution in [-0.4, -0.2) is 29.2 Å². The molecule has 0 bridgehead atoms. The van der Waals surface area contributed by atoms with E-state index in [0.717, 1.165) is 5.75 Å². The maximum absolute atomic E-state index is 12.2. The molecule has 1 heterocycles. The van der Waals surface area contributed by atoms with Gasteiger partial charge < -0.3 is 10.1 Å². The third-order valence-electron chi connectivity index (χ3n) is 3.05. The summed E-state index contributed by atoms with van der Waals surface area (Å²) in [5.74, 6) is 0.339. The van der Waals surface area contributed by atoms with Gasteiger partial charge in [-0.25, -0.2) is 4.98 Å². The molecule has 0 aliphatic carbocycles. The summed E-state index contributed by atoms with van der Waals surface area (Å²) in [6, 6.07) is 10.0. The van der Waals surface area contributed by atoms with E-state index in [2.05, 4.69) is 15.0 Å². The highest BCUT2D eigenvalue weighted by molar-refractivity contribution is 7.99. The van der Waals surface area contributed by atoms with Crippen molar-refractivity contribution in [2.24, 2.45) is 0 Å². The van der Waals surface area contributed by atoms with E-state index in [4.69, 9.17) is 0 Å². The molecule has 0 saturated heterocycles. The van der Waals surface area contributed by atoms with Gasteiger partial charge in [-0.1, -0.05) is 30.3 Å². The lowest BCUT2D eigenvalue weighted by molar-refractivity contribution is -0.139. The molecule has 2 aromatic rings. The Morgan fingerprint density at radius 3 is 2.78 bits per heavy atom. The summed E-state index contributed by atoms with van der Waals surface area (Å²) >= 11 is 2.87. The average Bonchev–Trinajstić information content (AvgIpc) is 3.00. The minimum atomic E-state index is -0.347. The maximum Gasteiger partial charge on any atom is 0.311 e. The van der Waals surface area contributed by atoms with Crippen molar-refractivity contribution in [3.05, 3.63) is 47.0 Å². The minimum absolute atomic E-state index is 0.0927. The van der Waals surface area contributed by atoms with Crippen LogP contribution in [0.25, 0.3) is 0 Å². The number of nitrogens with one attached hydrogen (secondary N) is 1. The van der Waals surface area contributed by atoms with Gasteiger partial charge in [-0.2, -0.15) is 0 Å². The average molecular weight is 350 g/mol. The molecule has 7 heteroatoms.